The SMILES string of the molecule is Cc1cc(CN2C[C@H](c3ccccc3)N(C(=O)OC(C)(C)C)C2=O)ccc1OCc1ccccc1. The molecule has 0 bridgehead atoms. The summed E-state index contributed by atoms with van der Waals surface area (Å²) in [7, 11) is 0. The van der Waals surface area contributed by atoms with Crippen molar-refractivity contribution in [3.05, 3.63) is 101 Å². The molecule has 1 aliphatic heterocycles. The largest absolute Gasteiger partial charge is 0.489 e. The number of amides is 3. The quantitative estimate of drug-likeness (QED) is 0.412. The molecule has 6 nitrogen and oxygen atoms in total. The standard InChI is InChI=1S/C29H32N2O4/c1-21-17-23(15-16-26(21)34-20-22-11-7-5-8-12-22)18-30-19-25(24-13-9-6-10-14-24)31(27(30)32)28(33)35-29(2,3)4/h5-17,25H,18-20H2,1-4H3/t25-/m1/s1. The Labute approximate surface area is 207 Å². The highest BCUT2D eigenvalue weighted by atomic mass is 16.6. The maximum Gasteiger partial charge on any atom is 0.419 e. The van der Waals surface area contributed by atoms with Crippen LogP contribution < -0.4 is 4.74 Å². The summed E-state index contributed by atoms with van der Waals surface area (Å²) in [6, 6.07) is 24.8. The Morgan fingerprint density at radius 3 is 2.23 bits per heavy atom. The normalized spacial score (nSPS) is 15.9. The van der Waals surface area contributed by atoms with Crippen LogP contribution in [0.2, 0.25) is 0 Å². The van der Waals surface area contributed by atoms with Crippen molar-refractivity contribution < 1.29 is 19.1 Å². The van der Waals surface area contributed by atoms with Crippen LogP contribution >= 0.6 is 0 Å². The highest BCUT2D eigenvalue weighted by Gasteiger charge is 2.44. The van der Waals surface area contributed by atoms with E-state index < -0.39 is 17.7 Å². The summed E-state index contributed by atoms with van der Waals surface area (Å²) >= 11 is 0. The molecule has 0 unspecified atom stereocenters. The van der Waals surface area contributed by atoms with Gasteiger partial charge in [0.2, 0.25) is 0 Å². The molecule has 0 aliphatic carbocycles. The molecule has 4 rings (SSSR count). The van der Waals surface area contributed by atoms with Gasteiger partial charge in [0.25, 0.3) is 0 Å². The molecule has 0 aromatic heterocycles. The molecule has 0 radical (unpaired) electrons. The molecule has 1 fully saturated rings. The number of hydrogen-bond donors (Lipinski definition) is 0. The van der Waals surface area contributed by atoms with Gasteiger partial charge in [0, 0.05) is 13.1 Å². The monoisotopic (exact) mass is 472 g/mol. The lowest BCUT2D eigenvalue weighted by atomic mass is 10.1. The van der Waals surface area contributed by atoms with E-state index in [0.717, 1.165) is 28.0 Å². The van der Waals surface area contributed by atoms with Gasteiger partial charge in [0.05, 0.1) is 6.04 Å². The van der Waals surface area contributed by atoms with Gasteiger partial charge in [0.15, 0.2) is 0 Å². The minimum atomic E-state index is -0.696. The van der Waals surface area contributed by atoms with E-state index in [1.165, 1.54) is 4.90 Å². The highest BCUT2D eigenvalue weighted by molar-refractivity contribution is 5.93. The molecule has 0 spiro atoms. The summed E-state index contributed by atoms with van der Waals surface area (Å²) in [6.07, 6.45) is -0.625. The van der Waals surface area contributed by atoms with Crippen LogP contribution in [-0.4, -0.2) is 34.1 Å². The van der Waals surface area contributed by atoms with Crippen molar-refractivity contribution in [2.75, 3.05) is 6.54 Å². The zero-order chi connectivity index (χ0) is 25.0. The number of hydrogen-bond acceptors (Lipinski definition) is 4. The number of nitrogens with zero attached hydrogens (tertiary/aromatic N) is 2. The van der Waals surface area contributed by atoms with Gasteiger partial charge in [-0.1, -0.05) is 72.8 Å². The van der Waals surface area contributed by atoms with E-state index in [9.17, 15) is 9.59 Å². The molecule has 1 heterocycles. The molecule has 1 saturated heterocycles. The Morgan fingerprint density at radius 2 is 1.60 bits per heavy atom. The third kappa shape index (κ3) is 6.01. The van der Waals surface area contributed by atoms with Crippen LogP contribution in [0.3, 0.4) is 0 Å². The second kappa shape index (κ2) is 10.2. The molecule has 0 saturated carbocycles. The Kier molecular flexibility index (Phi) is 7.10. The fraction of sp³-hybridized carbons (Fsp3) is 0.310. The third-order valence-corrected chi connectivity index (χ3v) is 5.81. The first kappa shape index (κ1) is 24.3. The summed E-state index contributed by atoms with van der Waals surface area (Å²) < 4.78 is 11.6. The summed E-state index contributed by atoms with van der Waals surface area (Å²) in [5, 5.41) is 0. The van der Waals surface area contributed by atoms with E-state index >= 15 is 0 Å². The van der Waals surface area contributed by atoms with Crippen LogP contribution in [-0.2, 0) is 17.9 Å². The number of rotatable bonds is 6. The van der Waals surface area contributed by atoms with Gasteiger partial charge >= 0.3 is 12.1 Å². The van der Waals surface area contributed by atoms with Gasteiger partial charge in [-0.25, -0.2) is 14.5 Å². The Balaban J connectivity index is 1.49. The lowest BCUT2D eigenvalue weighted by Gasteiger charge is -2.26. The van der Waals surface area contributed by atoms with E-state index in [4.69, 9.17) is 9.47 Å². The zero-order valence-electron chi connectivity index (χ0n) is 20.7. The molecule has 35 heavy (non-hydrogen) atoms. The van der Waals surface area contributed by atoms with Crippen LogP contribution in [0.4, 0.5) is 9.59 Å². The second-order valence-corrected chi connectivity index (χ2v) is 9.81. The molecular formula is C29H32N2O4. The van der Waals surface area contributed by atoms with Crippen molar-refractivity contribution >= 4 is 12.1 Å². The van der Waals surface area contributed by atoms with Crippen molar-refractivity contribution in [2.45, 2.75) is 52.5 Å². The van der Waals surface area contributed by atoms with Crippen molar-refractivity contribution in [3.8, 4) is 5.75 Å². The average molecular weight is 473 g/mol. The van der Waals surface area contributed by atoms with Gasteiger partial charge in [-0.3, -0.25) is 0 Å². The van der Waals surface area contributed by atoms with Crippen molar-refractivity contribution in [1.29, 1.82) is 0 Å². The Hall–Kier alpha value is -3.80. The van der Waals surface area contributed by atoms with Gasteiger partial charge < -0.3 is 14.4 Å². The lowest BCUT2D eigenvalue weighted by Crippen LogP contribution is -2.40. The maximum atomic E-state index is 13.4. The predicted octanol–water partition coefficient (Wildman–Crippen LogP) is 6.49. The first-order chi connectivity index (χ1) is 16.7. The van der Waals surface area contributed by atoms with E-state index in [-0.39, 0.29) is 6.03 Å². The van der Waals surface area contributed by atoms with Crippen LogP contribution in [0, 0.1) is 6.92 Å². The average Bonchev–Trinajstić information content (AvgIpc) is 3.15. The topological polar surface area (TPSA) is 59.1 Å². The summed E-state index contributed by atoms with van der Waals surface area (Å²) in [5.74, 6) is 0.808. The molecule has 1 aliphatic rings. The molecule has 3 amide bonds. The number of imide groups is 1. The number of aryl methyl sites for hydroxylation is 1. The van der Waals surface area contributed by atoms with Gasteiger partial charge in [-0.2, -0.15) is 0 Å². The maximum absolute atomic E-state index is 13.4. The number of carbonyl (C=O) groups excluding carboxylic acids is 2. The molecular weight excluding hydrogens is 440 g/mol. The Bertz CT molecular complexity index is 1170. The summed E-state index contributed by atoms with van der Waals surface area (Å²) in [6.45, 7) is 8.67. The molecule has 3 aromatic carbocycles. The number of benzene rings is 3. The fourth-order valence-electron chi connectivity index (χ4n) is 4.16. The van der Waals surface area contributed by atoms with Gasteiger partial charge in [-0.15, -0.1) is 0 Å². The van der Waals surface area contributed by atoms with Gasteiger partial charge in [0.1, 0.15) is 18.0 Å². The second-order valence-electron chi connectivity index (χ2n) is 9.81. The number of urea groups is 1. The first-order valence-electron chi connectivity index (χ1n) is 11.8. The molecule has 3 aromatic rings. The van der Waals surface area contributed by atoms with Crippen molar-refractivity contribution in [3.63, 3.8) is 0 Å². The zero-order valence-corrected chi connectivity index (χ0v) is 20.7. The molecule has 182 valence electrons. The molecule has 6 heteroatoms. The minimum Gasteiger partial charge on any atom is -0.489 e. The summed E-state index contributed by atoms with van der Waals surface area (Å²) in [4.78, 5) is 29.3. The minimum absolute atomic E-state index is 0.352. The van der Waals surface area contributed by atoms with Gasteiger partial charge in [-0.05, 0) is 56.0 Å². The first-order valence-corrected chi connectivity index (χ1v) is 11.8. The van der Waals surface area contributed by atoms with E-state index in [2.05, 4.69) is 0 Å². The van der Waals surface area contributed by atoms with Crippen molar-refractivity contribution in [1.82, 2.24) is 9.80 Å². The van der Waals surface area contributed by atoms with Crippen LogP contribution in [0.25, 0.3) is 0 Å². The molecule has 1 atom stereocenters. The molecule has 0 N–H and O–H groups in total. The van der Waals surface area contributed by atoms with Crippen LogP contribution in [0.15, 0.2) is 78.9 Å². The Morgan fingerprint density at radius 1 is 0.943 bits per heavy atom. The number of ether oxygens (including phenoxy) is 2. The predicted molar refractivity (Wildman–Crippen MR) is 135 cm³/mol. The van der Waals surface area contributed by atoms with Crippen LogP contribution in [0.5, 0.6) is 5.75 Å². The highest BCUT2D eigenvalue weighted by Crippen LogP contribution is 2.32. The third-order valence-electron chi connectivity index (χ3n) is 5.81. The lowest BCUT2D eigenvalue weighted by molar-refractivity contribution is 0.0295. The fourth-order valence-corrected chi connectivity index (χ4v) is 4.16. The van der Waals surface area contributed by atoms with E-state index in [1.807, 2.05) is 85.8 Å². The van der Waals surface area contributed by atoms with E-state index in [0.29, 0.717) is 19.7 Å². The smallest absolute Gasteiger partial charge is 0.419 e. The number of carbonyl (C=O) groups is 2. The summed E-state index contributed by atoms with van der Waals surface area (Å²) in [5.41, 5.74) is 3.27. The van der Waals surface area contributed by atoms with Crippen LogP contribution in [0.1, 0.15) is 49.1 Å². The van der Waals surface area contributed by atoms with Crippen molar-refractivity contribution in [2.24, 2.45) is 0 Å². The van der Waals surface area contributed by atoms with E-state index in [1.54, 1.807) is 25.7 Å².